The SMILES string of the molecule is CCOC(=O)CC1CCN(Cc2ccc3c(c2)Nc2nccnc2S3)CC1. The number of anilines is 2. The Morgan fingerprint density at radius 3 is 2.93 bits per heavy atom. The molecule has 2 aliphatic rings. The molecule has 4 rings (SSSR count). The summed E-state index contributed by atoms with van der Waals surface area (Å²) in [6.07, 6.45) is 6.10. The van der Waals surface area contributed by atoms with Gasteiger partial charge in [0.25, 0.3) is 0 Å². The zero-order chi connectivity index (χ0) is 18.6. The van der Waals surface area contributed by atoms with Crippen LogP contribution in [0.1, 0.15) is 31.7 Å². The van der Waals surface area contributed by atoms with Gasteiger partial charge in [-0.25, -0.2) is 9.97 Å². The molecule has 7 heteroatoms. The van der Waals surface area contributed by atoms with Gasteiger partial charge in [-0.15, -0.1) is 0 Å². The first-order valence-corrected chi connectivity index (χ1v) is 10.3. The van der Waals surface area contributed by atoms with Crippen LogP contribution in [-0.4, -0.2) is 40.5 Å². The Morgan fingerprint density at radius 1 is 1.30 bits per heavy atom. The summed E-state index contributed by atoms with van der Waals surface area (Å²) in [4.78, 5) is 24.0. The highest BCUT2D eigenvalue weighted by Gasteiger charge is 2.23. The fourth-order valence-electron chi connectivity index (χ4n) is 3.64. The van der Waals surface area contributed by atoms with Crippen LogP contribution in [0, 0.1) is 5.92 Å². The van der Waals surface area contributed by atoms with Crippen LogP contribution in [0.2, 0.25) is 0 Å². The van der Waals surface area contributed by atoms with Gasteiger partial charge in [0, 0.05) is 30.3 Å². The quantitative estimate of drug-likeness (QED) is 0.670. The van der Waals surface area contributed by atoms with Crippen molar-refractivity contribution >= 4 is 29.2 Å². The molecule has 0 radical (unpaired) electrons. The molecular formula is C20H24N4O2S. The van der Waals surface area contributed by atoms with Gasteiger partial charge in [-0.1, -0.05) is 17.8 Å². The van der Waals surface area contributed by atoms with E-state index >= 15 is 0 Å². The van der Waals surface area contributed by atoms with Crippen LogP contribution in [0.5, 0.6) is 0 Å². The third-order valence-electron chi connectivity index (χ3n) is 5.04. The van der Waals surface area contributed by atoms with Crippen molar-refractivity contribution in [3.63, 3.8) is 0 Å². The number of carbonyl (C=O) groups is 1. The molecule has 1 saturated heterocycles. The number of likely N-dealkylation sites (tertiary alicyclic amines) is 1. The van der Waals surface area contributed by atoms with Gasteiger partial charge in [-0.3, -0.25) is 9.69 Å². The number of hydrogen-bond acceptors (Lipinski definition) is 7. The van der Waals surface area contributed by atoms with E-state index in [1.54, 1.807) is 24.2 Å². The molecule has 2 aliphatic heterocycles. The minimum absolute atomic E-state index is 0.0578. The largest absolute Gasteiger partial charge is 0.466 e. The summed E-state index contributed by atoms with van der Waals surface area (Å²) in [6, 6.07) is 6.57. The molecule has 0 saturated carbocycles. The molecule has 1 aromatic heterocycles. The predicted octanol–water partition coefficient (Wildman–Crippen LogP) is 3.85. The molecule has 142 valence electrons. The van der Waals surface area contributed by atoms with Gasteiger partial charge in [0.2, 0.25) is 0 Å². The lowest BCUT2D eigenvalue weighted by Crippen LogP contribution is -2.34. The van der Waals surface area contributed by atoms with Crippen molar-refractivity contribution in [2.45, 2.75) is 42.7 Å². The fraction of sp³-hybridized carbons (Fsp3) is 0.450. The average molecular weight is 385 g/mol. The highest BCUT2D eigenvalue weighted by atomic mass is 32.2. The van der Waals surface area contributed by atoms with Gasteiger partial charge < -0.3 is 10.1 Å². The number of aromatic nitrogens is 2. The van der Waals surface area contributed by atoms with E-state index in [4.69, 9.17) is 4.74 Å². The number of fused-ring (bicyclic) bond motifs is 2. The Kier molecular flexibility index (Phi) is 5.59. The van der Waals surface area contributed by atoms with E-state index in [1.165, 1.54) is 10.5 Å². The first kappa shape index (κ1) is 18.3. The topological polar surface area (TPSA) is 67.3 Å². The Hall–Kier alpha value is -2.12. The summed E-state index contributed by atoms with van der Waals surface area (Å²) in [6.45, 7) is 5.31. The van der Waals surface area contributed by atoms with Crippen LogP contribution in [0.15, 0.2) is 40.5 Å². The van der Waals surface area contributed by atoms with E-state index in [1.807, 2.05) is 6.92 Å². The molecule has 0 atom stereocenters. The lowest BCUT2D eigenvalue weighted by Gasteiger charge is -2.31. The Balaban J connectivity index is 1.33. The van der Waals surface area contributed by atoms with Crippen molar-refractivity contribution in [3.05, 3.63) is 36.2 Å². The summed E-state index contributed by atoms with van der Waals surface area (Å²) in [5.74, 6) is 1.22. The summed E-state index contributed by atoms with van der Waals surface area (Å²) in [5.41, 5.74) is 2.39. The van der Waals surface area contributed by atoms with Crippen molar-refractivity contribution in [3.8, 4) is 0 Å². The number of ether oxygens (including phenoxy) is 1. The van der Waals surface area contributed by atoms with E-state index in [0.29, 0.717) is 18.9 Å². The van der Waals surface area contributed by atoms with E-state index in [0.717, 1.165) is 49.0 Å². The number of piperidine rings is 1. The maximum atomic E-state index is 11.7. The molecule has 1 aromatic carbocycles. The highest BCUT2D eigenvalue weighted by Crippen LogP contribution is 2.42. The third-order valence-corrected chi connectivity index (χ3v) is 6.11. The normalized spacial score (nSPS) is 16.9. The molecule has 0 bridgehead atoms. The van der Waals surface area contributed by atoms with Crippen LogP contribution in [-0.2, 0) is 16.1 Å². The molecule has 6 nitrogen and oxygen atoms in total. The number of carbonyl (C=O) groups excluding carboxylic acids is 1. The van der Waals surface area contributed by atoms with Gasteiger partial charge in [0.1, 0.15) is 5.03 Å². The Bertz CT molecular complexity index is 821. The van der Waals surface area contributed by atoms with Crippen LogP contribution in [0.3, 0.4) is 0 Å². The third kappa shape index (κ3) is 4.42. The van der Waals surface area contributed by atoms with Gasteiger partial charge in [-0.2, -0.15) is 0 Å². The number of esters is 1. The molecule has 0 amide bonds. The lowest BCUT2D eigenvalue weighted by molar-refractivity contribution is -0.144. The van der Waals surface area contributed by atoms with E-state index in [2.05, 4.69) is 38.4 Å². The molecule has 3 heterocycles. The second-order valence-corrected chi connectivity index (χ2v) is 8.03. The molecule has 1 N–H and O–H groups in total. The number of benzene rings is 1. The average Bonchev–Trinajstić information content (AvgIpc) is 2.68. The second kappa shape index (κ2) is 8.27. The summed E-state index contributed by atoms with van der Waals surface area (Å²) in [7, 11) is 0. The monoisotopic (exact) mass is 384 g/mol. The van der Waals surface area contributed by atoms with Gasteiger partial charge >= 0.3 is 5.97 Å². The summed E-state index contributed by atoms with van der Waals surface area (Å²) < 4.78 is 5.07. The maximum absolute atomic E-state index is 11.7. The number of nitrogens with one attached hydrogen (secondary N) is 1. The predicted molar refractivity (Wildman–Crippen MR) is 105 cm³/mol. The minimum Gasteiger partial charge on any atom is -0.466 e. The van der Waals surface area contributed by atoms with Crippen LogP contribution in [0.4, 0.5) is 11.5 Å². The number of rotatable bonds is 5. The van der Waals surface area contributed by atoms with Gasteiger partial charge in [0.15, 0.2) is 5.82 Å². The van der Waals surface area contributed by atoms with Crippen molar-refractivity contribution in [2.75, 3.05) is 25.0 Å². The van der Waals surface area contributed by atoms with Gasteiger partial charge in [-0.05, 0) is 56.5 Å². The standard InChI is InChI=1S/C20H24N4O2S/c1-2-26-18(25)12-14-5-9-24(10-6-14)13-15-3-4-17-16(11-15)23-19-20(27-17)22-8-7-21-19/h3-4,7-8,11,14H,2,5-6,9-10,12-13H2,1H3,(H,21,23). The van der Waals surface area contributed by atoms with Crippen molar-refractivity contribution in [1.29, 1.82) is 0 Å². The van der Waals surface area contributed by atoms with Crippen LogP contribution in [0.25, 0.3) is 0 Å². The Morgan fingerprint density at radius 2 is 2.11 bits per heavy atom. The molecule has 0 spiro atoms. The first-order chi connectivity index (χ1) is 13.2. The zero-order valence-electron chi connectivity index (χ0n) is 15.5. The number of nitrogens with zero attached hydrogens (tertiary/aromatic N) is 3. The smallest absolute Gasteiger partial charge is 0.306 e. The molecule has 1 fully saturated rings. The van der Waals surface area contributed by atoms with Crippen LogP contribution < -0.4 is 5.32 Å². The van der Waals surface area contributed by atoms with E-state index in [9.17, 15) is 4.79 Å². The van der Waals surface area contributed by atoms with E-state index in [-0.39, 0.29) is 5.97 Å². The van der Waals surface area contributed by atoms with Crippen LogP contribution >= 0.6 is 11.8 Å². The van der Waals surface area contributed by atoms with Gasteiger partial charge in [0.05, 0.1) is 12.3 Å². The lowest BCUT2D eigenvalue weighted by atomic mass is 9.93. The molecule has 27 heavy (non-hydrogen) atoms. The minimum atomic E-state index is -0.0578. The summed E-state index contributed by atoms with van der Waals surface area (Å²) >= 11 is 1.65. The van der Waals surface area contributed by atoms with E-state index < -0.39 is 0 Å². The van der Waals surface area contributed by atoms with Crippen molar-refractivity contribution in [2.24, 2.45) is 5.92 Å². The molecule has 2 aromatic rings. The second-order valence-electron chi connectivity index (χ2n) is 7.00. The van der Waals surface area contributed by atoms with Crippen molar-refractivity contribution < 1.29 is 9.53 Å². The fourth-order valence-corrected chi connectivity index (χ4v) is 4.52. The Labute approximate surface area is 163 Å². The molecule has 0 aliphatic carbocycles. The maximum Gasteiger partial charge on any atom is 0.306 e. The summed E-state index contributed by atoms with van der Waals surface area (Å²) in [5, 5.41) is 4.31. The molecule has 0 unspecified atom stereocenters. The molecular weight excluding hydrogens is 360 g/mol. The van der Waals surface area contributed by atoms with Crippen molar-refractivity contribution in [1.82, 2.24) is 14.9 Å². The highest BCUT2D eigenvalue weighted by molar-refractivity contribution is 7.99. The zero-order valence-corrected chi connectivity index (χ0v) is 16.3. The first-order valence-electron chi connectivity index (χ1n) is 9.48. The number of hydrogen-bond donors (Lipinski definition) is 1.